The van der Waals surface area contributed by atoms with E-state index in [4.69, 9.17) is 10.8 Å². The van der Waals surface area contributed by atoms with Crippen LogP contribution in [0.25, 0.3) is 10.9 Å². The molecule has 4 N–H and O–H groups in total. The van der Waals surface area contributed by atoms with Crippen molar-refractivity contribution in [3.8, 4) is 5.75 Å². The average molecular weight is 204 g/mol. The van der Waals surface area contributed by atoms with Crippen molar-refractivity contribution >= 4 is 22.6 Å². The van der Waals surface area contributed by atoms with Crippen molar-refractivity contribution in [1.82, 2.24) is 4.98 Å². The van der Waals surface area contributed by atoms with E-state index in [-0.39, 0.29) is 22.6 Å². The van der Waals surface area contributed by atoms with Gasteiger partial charge in [0.15, 0.2) is 5.69 Å². The smallest absolute Gasteiger partial charge is 0.354 e. The zero-order chi connectivity index (χ0) is 11.0. The summed E-state index contributed by atoms with van der Waals surface area (Å²) in [4.78, 5) is 14.5. The van der Waals surface area contributed by atoms with Gasteiger partial charge in [-0.2, -0.15) is 0 Å². The van der Waals surface area contributed by atoms with Crippen LogP contribution in [-0.4, -0.2) is 21.2 Å². The number of carboxylic acids is 1. The second-order valence-electron chi connectivity index (χ2n) is 3.08. The lowest BCUT2D eigenvalue weighted by Gasteiger charge is -2.04. The van der Waals surface area contributed by atoms with Crippen molar-refractivity contribution in [3.05, 3.63) is 30.0 Å². The van der Waals surface area contributed by atoms with Crippen LogP contribution in [0, 0.1) is 0 Å². The Morgan fingerprint density at radius 3 is 2.80 bits per heavy atom. The minimum atomic E-state index is -1.17. The van der Waals surface area contributed by atoms with Crippen molar-refractivity contribution in [2.24, 2.45) is 0 Å². The lowest BCUT2D eigenvalue weighted by atomic mass is 10.1. The summed E-state index contributed by atoms with van der Waals surface area (Å²) in [5, 5.41) is 18.8. The monoisotopic (exact) mass is 204 g/mol. The summed E-state index contributed by atoms with van der Waals surface area (Å²) in [6, 6.07) is 5.99. The van der Waals surface area contributed by atoms with Crippen LogP contribution in [0.2, 0.25) is 0 Å². The fourth-order valence-corrected chi connectivity index (χ4v) is 1.37. The fourth-order valence-electron chi connectivity index (χ4n) is 1.37. The number of pyridine rings is 1. The van der Waals surface area contributed by atoms with Crippen LogP contribution >= 0.6 is 0 Å². The van der Waals surface area contributed by atoms with Crippen molar-refractivity contribution in [3.63, 3.8) is 0 Å². The highest BCUT2D eigenvalue weighted by atomic mass is 16.4. The Hall–Kier alpha value is -2.30. The number of hydrogen-bond donors (Lipinski definition) is 3. The Morgan fingerprint density at radius 2 is 2.13 bits per heavy atom. The quantitative estimate of drug-likeness (QED) is 0.649. The van der Waals surface area contributed by atoms with E-state index < -0.39 is 5.97 Å². The number of phenols is 1. The number of aromatic hydroxyl groups is 1. The van der Waals surface area contributed by atoms with Crippen LogP contribution in [0.5, 0.6) is 5.75 Å². The second kappa shape index (κ2) is 3.13. The minimum Gasteiger partial charge on any atom is -0.506 e. The van der Waals surface area contributed by atoms with Crippen molar-refractivity contribution in [2.45, 2.75) is 0 Å². The molecular weight excluding hydrogens is 196 g/mol. The summed E-state index contributed by atoms with van der Waals surface area (Å²) >= 11 is 0. The van der Waals surface area contributed by atoms with E-state index in [2.05, 4.69) is 4.98 Å². The molecule has 0 bridgehead atoms. The molecule has 5 nitrogen and oxygen atoms in total. The van der Waals surface area contributed by atoms with Crippen LogP contribution in [-0.2, 0) is 0 Å². The van der Waals surface area contributed by atoms with Gasteiger partial charge in [0.25, 0.3) is 0 Å². The van der Waals surface area contributed by atoms with E-state index in [1.54, 1.807) is 12.1 Å². The van der Waals surface area contributed by atoms with E-state index in [1.165, 1.54) is 12.1 Å². The zero-order valence-corrected chi connectivity index (χ0v) is 7.64. The number of hydrogen-bond acceptors (Lipinski definition) is 4. The molecule has 2 rings (SSSR count). The molecule has 0 saturated heterocycles. The fraction of sp³-hybridized carbons (Fsp3) is 0. The summed E-state index contributed by atoms with van der Waals surface area (Å²) in [5.41, 5.74) is 5.96. The highest BCUT2D eigenvalue weighted by Gasteiger charge is 2.10. The highest BCUT2D eigenvalue weighted by molar-refractivity contribution is 5.98. The molecule has 2 aromatic rings. The number of carbonyl (C=O) groups is 1. The molecule has 1 aromatic carbocycles. The lowest BCUT2D eigenvalue weighted by Crippen LogP contribution is -2.02. The second-order valence-corrected chi connectivity index (χ2v) is 3.08. The normalized spacial score (nSPS) is 10.4. The van der Waals surface area contributed by atoms with Crippen LogP contribution in [0.1, 0.15) is 10.5 Å². The predicted molar refractivity (Wildman–Crippen MR) is 54.8 cm³/mol. The van der Waals surface area contributed by atoms with Gasteiger partial charge in [-0.25, -0.2) is 9.78 Å². The summed E-state index contributed by atoms with van der Waals surface area (Å²) in [7, 11) is 0. The number of aromatic carboxylic acids is 1. The molecule has 0 saturated carbocycles. The van der Waals surface area contributed by atoms with E-state index in [0.717, 1.165) is 0 Å². The molecule has 0 spiro atoms. The molecule has 76 valence electrons. The van der Waals surface area contributed by atoms with Crippen molar-refractivity contribution in [1.29, 1.82) is 0 Å². The SMILES string of the molecule is Nc1cc(C(=O)O)nc2c(O)cccc12. The molecule has 0 atom stereocenters. The number of nitrogen functional groups attached to an aromatic ring is 1. The van der Waals surface area contributed by atoms with Gasteiger partial charge in [-0.3, -0.25) is 0 Å². The first-order valence-corrected chi connectivity index (χ1v) is 4.21. The first kappa shape index (κ1) is 9.26. The highest BCUT2D eigenvalue weighted by Crippen LogP contribution is 2.27. The third kappa shape index (κ3) is 1.43. The maximum absolute atomic E-state index is 10.7. The standard InChI is InChI=1S/C10H8N2O3/c11-6-4-7(10(14)15)12-9-5(6)2-1-3-8(9)13/h1-4,13H,(H2,11,12)(H,14,15). The van der Waals surface area contributed by atoms with Gasteiger partial charge in [-0.1, -0.05) is 12.1 Å². The molecule has 0 fully saturated rings. The van der Waals surface area contributed by atoms with Gasteiger partial charge in [0.1, 0.15) is 11.3 Å². The third-order valence-electron chi connectivity index (χ3n) is 2.07. The number of nitrogens with zero attached hydrogens (tertiary/aromatic N) is 1. The molecule has 0 radical (unpaired) electrons. The Morgan fingerprint density at radius 1 is 1.40 bits per heavy atom. The number of para-hydroxylation sites is 1. The summed E-state index contributed by atoms with van der Waals surface area (Å²) in [6.45, 7) is 0. The van der Waals surface area contributed by atoms with Gasteiger partial charge < -0.3 is 15.9 Å². The largest absolute Gasteiger partial charge is 0.506 e. The first-order valence-electron chi connectivity index (χ1n) is 4.21. The molecule has 0 amide bonds. The molecule has 0 unspecified atom stereocenters. The summed E-state index contributed by atoms with van der Waals surface area (Å²) in [5.74, 6) is -1.26. The Bertz CT molecular complexity index is 552. The molecule has 0 aliphatic heterocycles. The van der Waals surface area contributed by atoms with Gasteiger partial charge >= 0.3 is 5.97 Å². The molecule has 0 aliphatic carbocycles. The number of anilines is 1. The van der Waals surface area contributed by atoms with Crippen LogP contribution in [0.4, 0.5) is 5.69 Å². The Balaban J connectivity index is 2.85. The molecule has 0 aliphatic rings. The van der Waals surface area contributed by atoms with E-state index >= 15 is 0 Å². The minimum absolute atomic E-state index is 0.0812. The lowest BCUT2D eigenvalue weighted by molar-refractivity contribution is 0.0691. The third-order valence-corrected chi connectivity index (χ3v) is 2.07. The van der Waals surface area contributed by atoms with Crippen LogP contribution in [0.15, 0.2) is 24.3 Å². The topological polar surface area (TPSA) is 96.4 Å². The van der Waals surface area contributed by atoms with Gasteiger partial charge in [-0.05, 0) is 12.1 Å². The molecule has 1 aromatic heterocycles. The van der Waals surface area contributed by atoms with Gasteiger partial charge in [0, 0.05) is 11.1 Å². The zero-order valence-electron chi connectivity index (χ0n) is 7.64. The Kier molecular flexibility index (Phi) is 1.93. The molecular formula is C10H8N2O3. The number of benzene rings is 1. The molecule has 1 heterocycles. The molecule has 5 heteroatoms. The number of carboxylic acid groups (broad SMARTS) is 1. The van der Waals surface area contributed by atoms with Crippen molar-refractivity contribution < 1.29 is 15.0 Å². The summed E-state index contributed by atoms with van der Waals surface area (Å²) < 4.78 is 0. The number of phenolic OH excluding ortho intramolecular Hbond substituents is 1. The predicted octanol–water partition coefficient (Wildman–Crippen LogP) is 1.22. The number of rotatable bonds is 1. The van der Waals surface area contributed by atoms with E-state index in [9.17, 15) is 9.90 Å². The van der Waals surface area contributed by atoms with E-state index in [1.807, 2.05) is 0 Å². The maximum Gasteiger partial charge on any atom is 0.354 e. The van der Waals surface area contributed by atoms with Crippen LogP contribution < -0.4 is 5.73 Å². The van der Waals surface area contributed by atoms with Gasteiger partial charge in [-0.15, -0.1) is 0 Å². The number of aromatic nitrogens is 1. The van der Waals surface area contributed by atoms with Gasteiger partial charge in [0.05, 0.1) is 0 Å². The van der Waals surface area contributed by atoms with E-state index in [0.29, 0.717) is 5.39 Å². The van der Waals surface area contributed by atoms with Crippen LogP contribution in [0.3, 0.4) is 0 Å². The summed E-state index contributed by atoms with van der Waals surface area (Å²) in [6.07, 6.45) is 0. The molecule has 15 heavy (non-hydrogen) atoms. The number of nitrogens with two attached hydrogens (primary N) is 1. The van der Waals surface area contributed by atoms with Crippen molar-refractivity contribution in [2.75, 3.05) is 5.73 Å². The first-order chi connectivity index (χ1) is 7.09. The average Bonchev–Trinajstić information content (AvgIpc) is 2.19. The number of fused-ring (bicyclic) bond motifs is 1. The Labute approximate surface area is 84.8 Å². The maximum atomic E-state index is 10.7. The van der Waals surface area contributed by atoms with Gasteiger partial charge in [0.2, 0.25) is 0 Å².